The summed E-state index contributed by atoms with van der Waals surface area (Å²) in [6.07, 6.45) is 1.54. The van der Waals surface area contributed by atoms with Crippen molar-refractivity contribution in [1.82, 2.24) is 30.5 Å². The molecule has 0 spiro atoms. The summed E-state index contributed by atoms with van der Waals surface area (Å²) < 4.78 is 1.10. The molecule has 0 saturated carbocycles. The number of hydrogen-bond donors (Lipinski definition) is 3. The molecule has 3 N–H and O–H groups in total. The third-order valence-corrected chi connectivity index (χ3v) is 4.22. The highest BCUT2D eigenvalue weighted by molar-refractivity contribution is 6.03. The molecule has 0 unspecified atom stereocenters. The Morgan fingerprint density at radius 3 is 2.64 bits per heavy atom. The van der Waals surface area contributed by atoms with Crippen molar-refractivity contribution in [3.05, 3.63) is 58.8 Å². The fraction of sp³-hybridized carbons (Fsp3) is 0.176. The number of H-pyrrole nitrogens is 1. The Bertz CT molecular complexity index is 1070. The summed E-state index contributed by atoms with van der Waals surface area (Å²) in [4.78, 5) is 41.6. The van der Waals surface area contributed by atoms with Gasteiger partial charge in [-0.1, -0.05) is 0 Å². The topological polar surface area (TPSA) is 138 Å². The van der Waals surface area contributed by atoms with Crippen LogP contribution in [0.4, 0.5) is 11.4 Å². The van der Waals surface area contributed by atoms with Gasteiger partial charge < -0.3 is 15.5 Å². The first-order valence-electron chi connectivity index (χ1n) is 8.50. The number of tetrazole rings is 1. The van der Waals surface area contributed by atoms with Crippen LogP contribution in [0.1, 0.15) is 10.5 Å². The van der Waals surface area contributed by atoms with Crippen molar-refractivity contribution in [3.63, 3.8) is 0 Å². The predicted molar refractivity (Wildman–Crippen MR) is 99.4 cm³/mol. The number of piperazine rings is 1. The molecule has 3 aromatic rings. The lowest BCUT2D eigenvalue weighted by atomic mass is 10.2. The number of hydrogen-bond acceptors (Lipinski definition) is 7. The van der Waals surface area contributed by atoms with Crippen LogP contribution < -0.4 is 21.2 Å². The van der Waals surface area contributed by atoms with Gasteiger partial charge in [-0.3, -0.25) is 14.6 Å². The van der Waals surface area contributed by atoms with Gasteiger partial charge in [0.2, 0.25) is 5.91 Å². The zero-order chi connectivity index (χ0) is 19.5. The SMILES string of the molecule is O=C1CN(c2ccnc(C(=O)Nc3ccc(-n4nn[nH]c4=O)cc3)c2)CCN1. The number of carbonyl (C=O) groups is 2. The minimum Gasteiger partial charge on any atom is -0.360 e. The number of rotatable bonds is 4. The first-order chi connectivity index (χ1) is 13.6. The Morgan fingerprint density at radius 1 is 1.11 bits per heavy atom. The van der Waals surface area contributed by atoms with Gasteiger partial charge in [0, 0.05) is 30.7 Å². The van der Waals surface area contributed by atoms with E-state index in [0.29, 0.717) is 24.5 Å². The molecule has 0 atom stereocenters. The van der Waals surface area contributed by atoms with Crippen LogP contribution in [0.25, 0.3) is 5.69 Å². The van der Waals surface area contributed by atoms with Crippen LogP contribution in [0, 0.1) is 0 Å². The van der Waals surface area contributed by atoms with Crippen molar-refractivity contribution >= 4 is 23.2 Å². The summed E-state index contributed by atoms with van der Waals surface area (Å²) in [6.45, 7) is 1.47. The van der Waals surface area contributed by atoms with Crippen LogP contribution in [0.2, 0.25) is 0 Å². The van der Waals surface area contributed by atoms with E-state index in [1.165, 1.54) is 6.20 Å². The second kappa shape index (κ2) is 7.31. The third kappa shape index (κ3) is 3.58. The standard InChI is InChI=1S/C17H16N8O3/c26-15-10-24(8-7-19-15)13-5-6-18-14(9-13)16(27)20-11-1-3-12(4-2-11)25-17(28)21-22-23-25/h1-6,9H,7-8,10H2,(H,19,26)(H,20,27)(H,21,23,28). The van der Waals surface area contributed by atoms with Gasteiger partial charge >= 0.3 is 5.69 Å². The lowest BCUT2D eigenvalue weighted by Crippen LogP contribution is -2.47. The van der Waals surface area contributed by atoms with E-state index in [0.717, 1.165) is 10.4 Å². The normalized spacial score (nSPS) is 13.9. The Balaban J connectivity index is 1.48. The molecule has 0 aliphatic carbocycles. The molecule has 1 saturated heterocycles. The highest BCUT2D eigenvalue weighted by Gasteiger charge is 2.18. The Hall–Kier alpha value is -4.02. The average Bonchev–Trinajstić information content (AvgIpc) is 3.14. The van der Waals surface area contributed by atoms with E-state index in [4.69, 9.17) is 0 Å². The fourth-order valence-electron chi connectivity index (χ4n) is 2.85. The Kier molecular flexibility index (Phi) is 4.54. The van der Waals surface area contributed by atoms with Crippen molar-refractivity contribution < 1.29 is 9.59 Å². The number of nitrogens with one attached hydrogen (secondary N) is 3. The molecule has 1 aliphatic heterocycles. The fourth-order valence-corrected chi connectivity index (χ4v) is 2.85. The van der Waals surface area contributed by atoms with Crippen molar-refractivity contribution in [2.75, 3.05) is 29.9 Å². The number of carbonyl (C=O) groups excluding carboxylic acids is 2. The molecule has 0 radical (unpaired) electrons. The van der Waals surface area contributed by atoms with Gasteiger partial charge in [0.05, 0.1) is 12.2 Å². The van der Waals surface area contributed by atoms with Crippen LogP contribution in [0.3, 0.4) is 0 Å². The highest BCUT2D eigenvalue weighted by Crippen LogP contribution is 2.17. The molecule has 2 amide bonds. The van der Waals surface area contributed by atoms with Gasteiger partial charge in [0.1, 0.15) is 5.69 Å². The number of nitrogens with zero attached hydrogens (tertiary/aromatic N) is 5. The summed E-state index contributed by atoms with van der Waals surface area (Å²) in [7, 11) is 0. The smallest absolute Gasteiger partial charge is 0.360 e. The molecule has 4 rings (SSSR count). The summed E-state index contributed by atoms with van der Waals surface area (Å²) in [5, 5.41) is 14.8. The van der Waals surface area contributed by atoms with Crippen molar-refractivity contribution in [2.45, 2.75) is 0 Å². The van der Waals surface area contributed by atoms with Crippen molar-refractivity contribution in [1.29, 1.82) is 0 Å². The maximum absolute atomic E-state index is 12.5. The first kappa shape index (κ1) is 17.4. The van der Waals surface area contributed by atoms with Crippen LogP contribution in [0.15, 0.2) is 47.4 Å². The number of pyridine rings is 1. The van der Waals surface area contributed by atoms with Gasteiger partial charge in [0.25, 0.3) is 5.91 Å². The van der Waals surface area contributed by atoms with Crippen LogP contribution in [-0.2, 0) is 4.79 Å². The molecule has 3 heterocycles. The van der Waals surface area contributed by atoms with Crippen LogP contribution in [0.5, 0.6) is 0 Å². The van der Waals surface area contributed by atoms with Crippen molar-refractivity contribution in [2.24, 2.45) is 0 Å². The number of anilines is 2. The lowest BCUT2D eigenvalue weighted by molar-refractivity contribution is -0.120. The van der Waals surface area contributed by atoms with E-state index >= 15 is 0 Å². The molecule has 142 valence electrons. The molecular formula is C17H16N8O3. The summed E-state index contributed by atoms with van der Waals surface area (Å²) in [6, 6.07) is 9.98. The maximum atomic E-state index is 12.5. The van der Waals surface area contributed by atoms with Gasteiger partial charge in [-0.15, -0.1) is 0 Å². The zero-order valence-electron chi connectivity index (χ0n) is 14.6. The van der Waals surface area contributed by atoms with Gasteiger partial charge in [-0.2, -0.15) is 4.68 Å². The van der Waals surface area contributed by atoms with E-state index < -0.39 is 5.69 Å². The molecule has 11 heteroatoms. The summed E-state index contributed by atoms with van der Waals surface area (Å²) in [5.41, 5.74) is 1.59. The number of benzene rings is 1. The molecular weight excluding hydrogens is 364 g/mol. The quantitative estimate of drug-likeness (QED) is 0.557. The van der Waals surface area contributed by atoms with E-state index in [9.17, 15) is 14.4 Å². The van der Waals surface area contributed by atoms with Gasteiger partial charge in [-0.05, 0) is 46.8 Å². The maximum Gasteiger partial charge on any atom is 0.365 e. The van der Waals surface area contributed by atoms with Crippen molar-refractivity contribution in [3.8, 4) is 5.69 Å². The lowest BCUT2D eigenvalue weighted by Gasteiger charge is -2.28. The van der Waals surface area contributed by atoms with Gasteiger partial charge in [-0.25, -0.2) is 9.89 Å². The van der Waals surface area contributed by atoms with Gasteiger partial charge in [0.15, 0.2) is 0 Å². The third-order valence-electron chi connectivity index (χ3n) is 4.22. The number of amides is 2. The van der Waals surface area contributed by atoms with E-state index in [1.54, 1.807) is 36.4 Å². The average molecular weight is 380 g/mol. The highest BCUT2D eigenvalue weighted by atomic mass is 16.2. The van der Waals surface area contributed by atoms with E-state index in [1.807, 2.05) is 4.90 Å². The summed E-state index contributed by atoms with van der Waals surface area (Å²) >= 11 is 0. The van der Waals surface area contributed by atoms with E-state index in [2.05, 4.69) is 31.1 Å². The number of aromatic nitrogens is 5. The minimum atomic E-state index is -0.454. The second-order valence-electron chi connectivity index (χ2n) is 6.09. The molecule has 1 fully saturated rings. The second-order valence-corrected chi connectivity index (χ2v) is 6.09. The zero-order valence-corrected chi connectivity index (χ0v) is 14.6. The Labute approximate surface area is 158 Å². The largest absolute Gasteiger partial charge is 0.365 e. The number of aromatic amines is 1. The predicted octanol–water partition coefficient (Wildman–Crippen LogP) is -0.461. The monoisotopic (exact) mass is 380 g/mol. The Morgan fingerprint density at radius 2 is 1.93 bits per heavy atom. The first-order valence-corrected chi connectivity index (χ1v) is 8.50. The molecule has 1 aliphatic rings. The molecule has 0 bridgehead atoms. The van der Waals surface area contributed by atoms with Crippen LogP contribution in [-0.4, -0.2) is 56.6 Å². The van der Waals surface area contributed by atoms with Crippen LogP contribution >= 0.6 is 0 Å². The van der Waals surface area contributed by atoms with E-state index in [-0.39, 0.29) is 24.1 Å². The molecule has 2 aromatic heterocycles. The molecule has 1 aromatic carbocycles. The molecule has 28 heavy (non-hydrogen) atoms. The molecule has 11 nitrogen and oxygen atoms in total. The minimum absolute atomic E-state index is 0.0552. The summed E-state index contributed by atoms with van der Waals surface area (Å²) in [5.74, 6) is -0.435.